The van der Waals surface area contributed by atoms with E-state index in [2.05, 4.69) is 19.9 Å². The summed E-state index contributed by atoms with van der Waals surface area (Å²) in [5, 5.41) is 0. The Morgan fingerprint density at radius 3 is 2.46 bits per heavy atom. The average molecular weight is 538 g/mol. The van der Waals surface area contributed by atoms with Crippen molar-refractivity contribution in [3.63, 3.8) is 0 Å². The molecule has 3 atom stereocenters. The average Bonchev–Trinajstić information content (AvgIpc) is 3.18. The molecule has 0 aliphatic carbocycles. The van der Waals surface area contributed by atoms with Crippen molar-refractivity contribution in [1.29, 1.82) is 0 Å². The van der Waals surface area contributed by atoms with Gasteiger partial charge >= 0.3 is 6.18 Å². The number of hydrogen-bond acceptors (Lipinski definition) is 7. The third kappa shape index (κ3) is 5.52. The van der Waals surface area contributed by atoms with Crippen molar-refractivity contribution < 1.29 is 30.8 Å². The van der Waals surface area contributed by atoms with E-state index in [1.807, 2.05) is 0 Å². The summed E-state index contributed by atoms with van der Waals surface area (Å²) in [5.41, 5.74) is 2.00. The van der Waals surface area contributed by atoms with Crippen molar-refractivity contribution in [3.8, 4) is 11.3 Å². The van der Waals surface area contributed by atoms with Crippen molar-refractivity contribution in [2.24, 2.45) is 0 Å². The normalized spacial score (nSPS) is 20.8. The first-order valence-electron chi connectivity index (χ1n) is 11.3. The van der Waals surface area contributed by atoms with Crippen LogP contribution < -0.4 is 0 Å². The molecule has 0 saturated carbocycles. The van der Waals surface area contributed by atoms with Gasteiger partial charge in [-0.15, -0.1) is 0 Å². The fourth-order valence-electron chi connectivity index (χ4n) is 4.26. The van der Waals surface area contributed by atoms with Gasteiger partial charge in [0.05, 0.1) is 17.8 Å². The Morgan fingerprint density at radius 2 is 1.84 bits per heavy atom. The fourth-order valence-corrected chi connectivity index (χ4v) is 6.06. The molecule has 0 unspecified atom stereocenters. The lowest BCUT2D eigenvalue weighted by atomic mass is 9.99. The minimum Gasteiger partial charge on any atom is -0.298 e. The van der Waals surface area contributed by atoms with Gasteiger partial charge in [-0.3, -0.25) is 14.8 Å². The van der Waals surface area contributed by atoms with Crippen LogP contribution in [0.1, 0.15) is 36.7 Å². The third-order valence-electron chi connectivity index (χ3n) is 6.32. The maximum absolute atomic E-state index is 14.6. The second kappa shape index (κ2) is 10.2. The van der Waals surface area contributed by atoms with Crippen molar-refractivity contribution in [3.05, 3.63) is 66.1 Å². The maximum Gasteiger partial charge on any atom is 0.451 e. The van der Waals surface area contributed by atoms with Crippen LogP contribution in [0.25, 0.3) is 11.3 Å². The molecule has 1 saturated heterocycles. The number of alkyl halides is 4. The Morgan fingerprint density at radius 1 is 1.14 bits per heavy atom. The number of halogens is 4. The summed E-state index contributed by atoms with van der Waals surface area (Å²) in [6.45, 7) is 3.19. The van der Waals surface area contributed by atoms with Crippen molar-refractivity contribution >= 4 is 15.8 Å². The Hall–Kier alpha value is -3.32. The molecule has 4 heterocycles. The molecule has 13 heteroatoms. The molecule has 8 nitrogen and oxygen atoms in total. The summed E-state index contributed by atoms with van der Waals surface area (Å²) in [6, 6.07) is 2.22. The lowest BCUT2D eigenvalue weighted by molar-refractivity contribution is -0.145. The molecule has 0 aromatic carbocycles. The third-order valence-corrected chi connectivity index (χ3v) is 8.30. The number of carbonyl (C=O) groups excluding carboxylic acids is 1. The number of pyridine rings is 2. The van der Waals surface area contributed by atoms with Crippen LogP contribution in [-0.2, 0) is 27.4 Å². The molecule has 0 radical (unpaired) electrons. The predicted molar refractivity (Wildman–Crippen MR) is 124 cm³/mol. The van der Waals surface area contributed by atoms with Gasteiger partial charge in [-0.05, 0) is 49.6 Å². The van der Waals surface area contributed by atoms with Crippen LogP contribution in [0.15, 0.2) is 54.1 Å². The van der Waals surface area contributed by atoms with Crippen LogP contribution in [0.2, 0.25) is 0 Å². The van der Waals surface area contributed by atoms with Gasteiger partial charge in [0.15, 0.2) is 5.78 Å². The summed E-state index contributed by atoms with van der Waals surface area (Å²) in [7, 11) is -4.16. The summed E-state index contributed by atoms with van der Waals surface area (Å²) in [4.78, 5) is 27.8. The Kier molecular flexibility index (Phi) is 7.38. The summed E-state index contributed by atoms with van der Waals surface area (Å²) in [5.74, 6) is -1.70. The van der Waals surface area contributed by atoms with E-state index in [0.29, 0.717) is 11.3 Å². The molecular formula is C24H23F4N5O3S. The molecule has 196 valence electrons. The maximum atomic E-state index is 14.6. The first-order chi connectivity index (χ1) is 17.4. The van der Waals surface area contributed by atoms with Crippen LogP contribution in [-0.4, -0.2) is 56.7 Å². The highest BCUT2D eigenvalue weighted by Gasteiger charge is 2.48. The molecule has 1 fully saturated rings. The first-order valence-corrected chi connectivity index (χ1v) is 12.8. The highest BCUT2D eigenvalue weighted by Crippen LogP contribution is 2.34. The van der Waals surface area contributed by atoms with Gasteiger partial charge in [0.1, 0.15) is 11.1 Å². The predicted octanol–water partition coefficient (Wildman–Crippen LogP) is 3.95. The van der Waals surface area contributed by atoms with Gasteiger partial charge in [-0.2, -0.15) is 17.5 Å². The molecule has 0 N–H and O–H groups in total. The summed E-state index contributed by atoms with van der Waals surface area (Å²) >= 11 is 0. The van der Waals surface area contributed by atoms with Crippen LogP contribution >= 0.6 is 0 Å². The zero-order valence-electron chi connectivity index (χ0n) is 19.9. The molecule has 1 aliphatic heterocycles. The Labute approximate surface area is 210 Å². The SMILES string of the molecule is Cc1cnc(-c2cnc(C(F)(F)F)nc2)cc1CCC(=O)[C@@H]1C[C@@H](F)[C@H](C)N1S(=O)(=O)c1cccnc1. The van der Waals surface area contributed by atoms with E-state index >= 15 is 0 Å². The fraction of sp³-hybridized carbons (Fsp3) is 0.375. The van der Waals surface area contributed by atoms with Crippen molar-refractivity contribution in [1.82, 2.24) is 24.2 Å². The van der Waals surface area contributed by atoms with Gasteiger partial charge < -0.3 is 0 Å². The monoisotopic (exact) mass is 537 g/mol. The van der Waals surface area contributed by atoms with E-state index in [0.717, 1.165) is 28.5 Å². The highest BCUT2D eigenvalue weighted by molar-refractivity contribution is 7.89. The van der Waals surface area contributed by atoms with Crippen LogP contribution in [0, 0.1) is 6.92 Å². The van der Waals surface area contributed by atoms with E-state index in [9.17, 15) is 30.8 Å². The molecule has 1 aliphatic rings. The van der Waals surface area contributed by atoms with Gasteiger partial charge in [0.2, 0.25) is 15.8 Å². The minimum atomic E-state index is -4.67. The molecule has 3 aromatic rings. The number of ketones is 1. The molecule has 4 rings (SSSR count). The number of nitrogens with zero attached hydrogens (tertiary/aromatic N) is 5. The summed E-state index contributed by atoms with van der Waals surface area (Å²) < 4.78 is 80.2. The van der Waals surface area contributed by atoms with E-state index in [-0.39, 0.29) is 29.7 Å². The molecule has 0 spiro atoms. The van der Waals surface area contributed by atoms with E-state index < -0.39 is 46.1 Å². The van der Waals surface area contributed by atoms with Gasteiger partial charge in [-0.1, -0.05) is 0 Å². The van der Waals surface area contributed by atoms with Crippen LogP contribution in [0.3, 0.4) is 0 Å². The minimum absolute atomic E-state index is 0.0724. The van der Waals surface area contributed by atoms with E-state index in [1.165, 1.54) is 31.5 Å². The number of rotatable bonds is 7. The highest BCUT2D eigenvalue weighted by atomic mass is 32.2. The van der Waals surface area contributed by atoms with Gasteiger partial charge in [-0.25, -0.2) is 22.8 Å². The first kappa shape index (κ1) is 26.7. The molecule has 0 bridgehead atoms. The number of hydrogen-bond donors (Lipinski definition) is 0. The Balaban J connectivity index is 1.53. The number of carbonyl (C=O) groups is 1. The number of sulfonamides is 1. The number of aromatic nitrogens is 4. The lowest BCUT2D eigenvalue weighted by Gasteiger charge is -2.26. The van der Waals surface area contributed by atoms with Crippen LogP contribution in [0.5, 0.6) is 0 Å². The largest absolute Gasteiger partial charge is 0.451 e. The number of aryl methyl sites for hydroxylation is 2. The zero-order chi connectivity index (χ0) is 27.0. The Bertz CT molecular complexity index is 1390. The lowest BCUT2D eigenvalue weighted by Crippen LogP contribution is -2.44. The second-order valence-corrected chi connectivity index (χ2v) is 10.6. The topological polar surface area (TPSA) is 106 Å². The summed E-state index contributed by atoms with van der Waals surface area (Å²) in [6.07, 6.45) is -0.174. The van der Waals surface area contributed by atoms with Gasteiger partial charge in [0.25, 0.3) is 0 Å². The quantitative estimate of drug-likeness (QED) is 0.420. The van der Waals surface area contributed by atoms with Crippen molar-refractivity contribution in [2.75, 3.05) is 0 Å². The molecular weight excluding hydrogens is 514 g/mol. The van der Waals surface area contributed by atoms with Gasteiger partial charge in [0, 0.05) is 49.4 Å². The van der Waals surface area contributed by atoms with Crippen LogP contribution in [0.4, 0.5) is 17.6 Å². The molecule has 37 heavy (non-hydrogen) atoms. The second-order valence-electron chi connectivity index (χ2n) is 8.79. The molecule has 0 amide bonds. The standard InChI is InChI=1S/C24H23F4N5O3S/c1-14-10-30-20(17-11-31-23(32-12-17)24(26,27)28)8-16(14)5-6-22(34)21-9-19(25)15(2)33(21)37(35,36)18-4-3-7-29-13-18/h3-4,7-8,10-13,15,19,21H,5-6,9H2,1-2H3/t15-,19+,21-/m0/s1. The number of Topliss-reactive ketones (excluding diaryl/α,β-unsaturated/α-hetero) is 1. The zero-order valence-corrected chi connectivity index (χ0v) is 20.7. The smallest absolute Gasteiger partial charge is 0.298 e. The van der Waals surface area contributed by atoms with E-state index in [1.54, 1.807) is 13.0 Å². The van der Waals surface area contributed by atoms with Crippen molar-refractivity contribution in [2.45, 2.75) is 62.4 Å². The molecule has 3 aromatic heterocycles. The van der Waals surface area contributed by atoms with E-state index in [4.69, 9.17) is 0 Å².